The van der Waals surface area contributed by atoms with Gasteiger partial charge >= 0.3 is 0 Å². The van der Waals surface area contributed by atoms with E-state index in [2.05, 4.69) is 103 Å². The third kappa shape index (κ3) is 32.7. The zero-order chi connectivity index (χ0) is 73.8. The molecule has 14 nitrogen and oxygen atoms in total. The maximum atomic E-state index is 10.0. The van der Waals surface area contributed by atoms with Crippen LogP contribution in [0.1, 0.15) is 41.5 Å². The fraction of sp³-hybridized carbons (Fsp3) is 0.0690. The molecule has 5 radical (unpaired) electrons. The molecule has 22 heteroatoms. The van der Waals surface area contributed by atoms with Gasteiger partial charge in [-0.05, 0) is 112 Å². The summed E-state index contributed by atoms with van der Waals surface area (Å²) in [6.07, 6.45) is 10.2. The molecule has 0 amide bonds. The number of para-hydroxylation sites is 4. The minimum absolute atomic E-state index is 0. The molecule has 0 saturated heterocycles. The standard InChI is InChI=1S/2C15H10N.C13H8NS.C11H6NS2.C9H7NO.C9H6NO.3C5H8O2.5Ir/c1-2-6-12(7-3-1)15-10-13-8-4-5-9-14(13)11-16-15;1-2-6-12(7-3-1)15-11-10-13-8-4-5-9-14(13)16-15;1-2-6-10(7-3-1)13-14-11-8-4-5-9-12(11)15-13;1-2-5-9-8(4-1)12-11(14-9)10-6-3-7-13-10;11-8-5-1-3-7-4-2-6-10-9(7)8;1-2-4-8(5-3-1)9-10-6-7-11-9;3*1-4(6)3-5(2)7;;;;;/h2*1-6,8-11H;1-6,8-9H;1-5,7H;1-6,11H;1-4,6-7H;3*3,6H,1-2H3;;;;;/q4*-1;;-1;;;;;;;;. The van der Waals surface area contributed by atoms with Crippen molar-refractivity contribution in [3.63, 3.8) is 0 Å². The summed E-state index contributed by atoms with van der Waals surface area (Å²) in [6, 6.07) is 97.1. The summed E-state index contributed by atoms with van der Waals surface area (Å²) < 4.78 is 7.54. The van der Waals surface area contributed by atoms with Crippen molar-refractivity contribution >= 4 is 104 Å². The zero-order valence-corrected chi connectivity index (χ0v) is 73.7. The number of benzene rings is 9. The van der Waals surface area contributed by atoms with E-state index in [-0.39, 0.29) is 141 Å². The summed E-state index contributed by atoms with van der Waals surface area (Å²) in [5, 5.41) is 43.1. The van der Waals surface area contributed by atoms with Crippen molar-refractivity contribution in [2.24, 2.45) is 0 Å². The molecule has 0 fully saturated rings. The molecular formula is C87H71Ir5N6O8S3-5. The Hall–Kier alpha value is -9.42. The van der Waals surface area contributed by atoms with E-state index in [9.17, 15) is 19.5 Å². The van der Waals surface area contributed by atoms with Gasteiger partial charge in [0.1, 0.15) is 17.2 Å². The molecule has 16 rings (SSSR count). The van der Waals surface area contributed by atoms with Gasteiger partial charge in [-0.3, -0.25) is 39.3 Å². The number of phenols is 1. The SMILES string of the molecule is CC(=O)C=C(C)O.CC(=O)C=C(C)O.CC(=O)C=C(C)O.Oc1cccc2cccnc12.[Ir].[Ir].[Ir].[Ir].[Ir].[c-]1ccccc1-c1cc2ccccc2cn1.[c-]1ccccc1-c1ccc2ccccc2n1.[c-]1ccccc1-c1nc2ccccc2s1.[c-]1ccccc1-c1ncco1.[c-]1ccsc1-c1nc2ccccc2s1. The number of rotatable bonds is 8. The van der Waals surface area contributed by atoms with Crippen LogP contribution in [0.5, 0.6) is 5.75 Å². The summed E-state index contributed by atoms with van der Waals surface area (Å²) in [5.41, 5.74) is 9.80. The molecule has 565 valence electrons. The van der Waals surface area contributed by atoms with Crippen molar-refractivity contribution in [1.82, 2.24) is 29.9 Å². The Morgan fingerprint density at radius 3 is 1.33 bits per heavy atom. The van der Waals surface area contributed by atoms with Crippen molar-refractivity contribution in [2.75, 3.05) is 0 Å². The topological polar surface area (TPSA) is 223 Å². The van der Waals surface area contributed by atoms with Gasteiger partial charge in [0.15, 0.2) is 17.3 Å². The number of aromatic nitrogens is 6. The van der Waals surface area contributed by atoms with E-state index in [0.717, 1.165) is 70.5 Å². The van der Waals surface area contributed by atoms with Crippen LogP contribution >= 0.6 is 34.0 Å². The first kappa shape index (κ1) is 93.8. The predicted octanol–water partition coefficient (Wildman–Crippen LogP) is 22.2. The molecule has 7 heterocycles. The number of phenolic OH excluding ortho intramolecular Hbond substituents is 1. The number of thiazole rings is 2. The molecule has 0 atom stereocenters. The van der Waals surface area contributed by atoms with Gasteiger partial charge in [-0.1, -0.05) is 114 Å². The summed E-state index contributed by atoms with van der Waals surface area (Å²) in [7, 11) is 0. The van der Waals surface area contributed by atoms with Crippen LogP contribution in [0.3, 0.4) is 0 Å². The molecule has 0 spiro atoms. The van der Waals surface area contributed by atoms with Gasteiger partial charge < -0.3 is 29.8 Å². The average molecular weight is 2390 g/mol. The fourth-order valence-corrected chi connectivity index (χ4v) is 11.9. The van der Waals surface area contributed by atoms with Gasteiger partial charge in [-0.15, -0.1) is 143 Å². The van der Waals surface area contributed by atoms with Crippen molar-refractivity contribution in [3.8, 4) is 60.2 Å². The van der Waals surface area contributed by atoms with Crippen molar-refractivity contribution in [2.45, 2.75) is 41.5 Å². The Kier molecular flexibility index (Phi) is 43.9. The number of carbonyl (C=O) groups excluding carboxylic acids is 3. The third-order valence-corrected chi connectivity index (χ3v) is 16.7. The van der Waals surface area contributed by atoms with Gasteiger partial charge in [0.25, 0.3) is 0 Å². The van der Waals surface area contributed by atoms with Crippen molar-refractivity contribution in [3.05, 3.63) is 345 Å². The molecule has 4 N–H and O–H groups in total. The van der Waals surface area contributed by atoms with Crippen LogP contribution in [-0.2, 0) is 115 Å². The van der Waals surface area contributed by atoms with E-state index >= 15 is 0 Å². The number of allylic oxidation sites excluding steroid dienone is 6. The normalized spacial score (nSPS) is 10.2. The van der Waals surface area contributed by atoms with E-state index in [1.54, 1.807) is 64.8 Å². The average Bonchev–Trinajstić information content (AvgIpc) is 1.31. The number of fused-ring (bicyclic) bond motifs is 5. The van der Waals surface area contributed by atoms with E-state index in [1.807, 2.05) is 206 Å². The van der Waals surface area contributed by atoms with Crippen LogP contribution < -0.4 is 0 Å². The van der Waals surface area contributed by atoms with E-state index in [1.165, 1.54) is 85.3 Å². The van der Waals surface area contributed by atoms with E-state index in [0.29, 0.717) is 11.4 Å². The molecule has 109 heavy (non-hydrogen) atoms. The van der Waals surface area contributed by atoms with Gasteiger partial charge in [-0.2, -0.15) is 34.8 Å². The number of thiophene rings is 1. The first-order valence-corrected chi connectivity index (χ1v) is 34.8. The molecule has 0 aliphatic heterocycles. The largest absolute Gasteiger partial charge is 0.512 e. The first-order valence-electron chi connectivity index (χ1n) is 32.3. The maximum absolute atomic E-state index is 10.0. The third-order valence-electron chi connectivity index (χ3n) is 13.6. The molecule has 7 aromatic heterocycles. The Morgan fingerprint density at radius 2 is 0.853 bits per heavy atom. The van der Waals surface area contributed by atoms with Crippen LogP contribution in [0.2, 0.25) is 0 Å². The van der Waals surface area contributed by atoms with E-state index < -0.39 is 0 Å². The smallest absolute Gasteiger partial charge is 0.155 e. The quantitative estimate of drug-likeness (QED) is 0.0631. The van der Waals surface area contributed by atoms with Gasteiger partial charge in [0.2, 0.25) is 0 Å². The van der Waals surface area contributed by atoms with Gasteiger partial charge in [0.05, 0.1) is 46.3 Å². The Balaban J connectivity index is 0.000000321. The van der Waals surface area contributed by atoms with Crippen molar-refractivity contribution < 1.29 is 140 Å². The van der Waals surface area contributed by atoms with Crippen LogP contribution in [0.4, 0.5) is 0 Å². The number of ketones is 3. The Labute approximate surface area is 713 Å². The second kappa shape index (κ2) is 51.1. The van der Waals surface area contributed by atoms with Gasteiger partial charge in [0, 0.05) is 156 Å². The minimum Gasteiger partial charge on any atom is -0.512 e. The molecule has 0 aliphatic carbocycles. The summed E-state index contributed by atoms with van der Waals surface area (Å²) in [6.45, 7) is 8.54. The number of hydrogen-bond acceptors (Lipinski definition) is 17. The summed E-state index contributed by atoms with van der Waals surface area (Å²) in [4.78, 5) is 57.4. The fourth-order valence-electron chi connectivity index (χ4n) is 9.25. The molecule has 16 aromatic rings. The number of aliphatic hydroxyl groups is 3. The number of nitrogens with zero attached hydrogens (tertiary/aromatic N) is 6. The second-order valence-electron chi connectivity index (χ2n) is 22.2. The number of pyridine rings is 3. The first-order chi connectivity index (χ1) is 50.5. The Bertz CT molecular complexity index is 5160. The minimum atomic E-state index is -0.125. The monoisotopic (exact) mass is 2390 g/mol. The predicted molar refractivity (Wildman–Crippen MR) is 423 cm³/mol. The number of aliphatic hydroxyl groups excluding tert-OH is 3. The molecule has 0 unspecified atom stereocenters. The number of aromatic hydroxyl groups is 1. The molecule has 0 aliphatic rings. The second-order valence-corrected chi connectivity index (χ2v) is 25.1. The van der Waals surface area contributed by atoms with Crippen LogP contribution in [0.25, 0.3) is 107 Å². The molecule has 0 bridgehead atoms. The number of carbonyl (C=O) groups is 3. The molecule has 0 saturated carbocycles. The van der Waals surface area contributed by atoms with Crippen LogP contribution in [-0.4, -0.2) is 67.7 Å². The molecular weight excluding hydrogens is 2310 g/mol. The summed E-state index contributed by atoms with van der Waals surface area (Å²) in [5.74, 6) is 0.668. The number of hydrogen-bond donors (Lipinski definition) is 4. The van der Waals surface area contributed by atoms with Crippen molar-refractivity contribution in [1.29, 1.82) is 0 Å². The van der Waals surface area contributed by atoms with Crippen LogP contribution in [0.15, 0.2) is 319 Å². The zero-order valence-electron chi connectivity index (χ0n) is 59.3. The number of oxazole rings is 1. The summed E-state index contributed by atoms with van der Waals surface area (Å²) >= 11 is 5.11. The maximum Gasteiger partial charge on any atom is 0.155 e. The molecule has 9 aromatic carbocycles. The van der Waals surface area contributed by atoms with Crippen LogP contribution in [0, 0.1) is 30.3 Å². The van der Waals surface area contributed by atoms with E-state index in [4.69, 9.17) is 19.7 Å². The van der Waals surface area contributed by atoms with Gasteiger partial charge in [-0.25, -0.2) is 11.3 Å². The Morgan fingerprint density at radius 1 is 0.394 bits per heavy atom.